The van der Waals surface area contributed by atoms with Crippen LogP contribution >= 0.6 is 11.6 Å². The molecule has 5 heteroatoms. The molecule has 0 aliphatic heterocycles. The molecule has 2 aromatic rings. The van der Waals surface area contributed by atoms with Gasteiger partial charge in [-0.05, 0) is 6.92 Å². The van der Waals surface area contributed by atoms with Crippen LogP contribution < -0.4 is 0 Å². The standard InChI is InChI=1S/C9H10ClN3O/c1-6-8(5-13(2)11-6)9-3-7(4-10)12-14-9/h3,5H,4H2,1-2H3. The second-order valence-corrected chi connectivity index (χ2v) is 3.39. The highest BCUT2D eigenvalue weighted by atomic mass is 35.5. The van der Waals surface area contributed by atoms with Crippen LogP contribution in [0.1, 0.15) is 11.4 Å². The lowest BCUT2D eigenvalue weighted by atomic mass is 10.2. The smallest absolute Gasteiger partial charge is 0.170 e. The van der Waals surface area contributed by atoms with Crippen LogP contribution in [0.4, 0.5) is 0 Å². The first-order valence-corrected chi connectivity index (χ1v) is 4.76. The molecule has 2 aromatic heterocycles. The Bertz CT molecular complexity index is 447. The first-order chi connectivity index (χ1) is 6.70. The molecule has 74 valence electrons. The van der Waals surface area contributed by atoms with Gasteiger partial charge in [0.1, 0.15) is 0 Å². The Kier molecular flexibility index (Phi) is 2.29. The zero-order valence-corrected chi connectivity index (χ0v) is 8.75. The Balaban J connectivity index is 2.43. The van der Waals surface area contributed by atoms with E-state index in [0.717, 1.165) is 17.0 Å². The van der Waals surface area contributed by atoms with Gasteiger partial charge < -0.3 is 4.52 Å². The lowest BCUT2D eigenvalue weighted by molar-refractivity contribution is 0.426. The molecule has 0 atom stereocenters. The predicted octanol–water partition coefficient (Wildman–Crippen LogP) is 2.12. The molecule has 0 aliphatic rings. The lowest BCUT2D eigenvalue weighted by Gasteiger charge is -1.87. The van der Waals surface area contributed by atoms with Gasteiger partial charge in [-0.2, -0.15) is 5.10 Å². The van der Waals surface area contributed by atoms with Gasteiger partial charge in [-0.1, -0.05) is 5.16 Å². The molecule has 0 radical (unpaired) electrons. The highest BCUT2D eigenvalue weighted by molar-refractivity contribution is 6.16. The molecule has 0 spiro atoms. The Morgan fingerprint density at radius 1 is 1.57 bits per heavy atom. The quantitative estimate of drug-likeness (QED) is 0.715. The summed E-state index contributed by atoms with van der Waals surface area (Å²) in [4.78, 5) is 0. The summed E-state index contributed by atoms with van der Waals surface area (Å²) < 4.78 is 6.89. The molecule has 0 bridgehead atoms. The number of rotatable bonds is 2. The predicted molar refractivity (Wildman–Crippen MR) is 53.0 cm³/mol. The van der Waals surface area contributed by atoms with Crippen LogP contribution in [0.3, 0.4) is 0 Å². The molecule has 0 unspecified atom stereocenters. The van der Waals surface area contributed by atoms with Crippen molar-refractivity contribution in [2.45, 2.75) is 12.8 Å². The molecule has 2 heterocycles. The minimum Gasteiger partial charge on any atom is -0.356 e. The largest absolute Gasteiger partial charge is 0.356 e. The molecular weight excluding hydrogens is 202 g/mol. The summed E-state index contributed by atoms with van der Waals surface area (Å²) in [5.74, 6) is 1.08. The van der Waals surface area contributed by atoms with Crippen molar-refractivity contribution in [1.29, 1.82) is 0 Å². The number of alkyl halides is 1. The van der Waals surface area contributed by atoms with Crippen LogP contribution in [-0.4, -0.2) is 14.9 Å². The lowest BCUT2D eigenvalue weighted by Crippen LogP contribution is -1.86. The molecule has 4 nitrogen and oxygen atoms in total. The van der Waals surface area contributed by atoms with E-state index >= 15 is 0 Å². The maximum Gasteiger partial charge on any atom is 0.170 e. The minimum absolute atomic E-state index is 0.364. The minimum atomic E-state index is 0.364. The van der Waals surface area contributed by atoms with Gasteiger partial charge in [0.2, 0.25) is 0 Å². The number of aromatic nitrogens is 3. The Hall–Kier alpha value is -1.29. The third-order valence-electron chi connectivity index (χ3n) is 1.97. The SMILES string of the molecule is Cc1nn(C)cc1-c1cc(CCl)no1. The fourth-order valence-electron chi connectivity index (χ4n) is 1.34. The van der Waals surface area contributed by atoms with E-state index in [2.05, 4.69) is 10.3 Å². The maximum absolute atomic E-state index is 5.63. The molecule has 0 fully saturated rings. The van der Waals surface area contributed by atoms with Crippen molar-refractivity contribution in [3.05, 3.63) is 23.7 Å². The second-order valence-electron chi connectivity index (χ2n) is 3.12. The summed E-state index contributed by atoms with van der Waals surface area (Å²) in [7, 11) is 1.87. The first-order valence-electron chi connectivity index (χ1n) is 4.23. The summed E-state index contributed by atoms with van der Waals surface area (Å²) in [6.45, 7) is 1.93. The van der Waals surface area contributed by atoms with E-state index < -0.39 is 0 Å². The van der Waals surface area contributed by atoms with Crippen molar-refractivity contribution in [2.24, 2.45) is 7.05 Å². The Morgan fingerprint density at radius 3 is 2.86 bits per heavy atom. The zero-order chi connectivity index (χ0) is 10.1. The van der Waals surface area contributed by atoms with E-state index in [1.54, 1.807) is 4.68 Å². The molecule has 0 amide bonds. The molecule has 0 aromatic carbocycles. The Morgan fingerprint density at radius 2 is 2.36 bits per heavy atom. The number of halogens is 1. The average molecular weight is 212 g/mol. The maximum atomic E-state index is 5.63. The summed E-state index contributed by atoms with van der Waals surface area (Å²) in [6.07, 6.45) is 1.90. The highest BCUT2D eigenvalue weighted by Gasteiger charge is 2.11. The summed E-state index contributed by atoms with van der Waals surface area (Å²) in [5, 5.41) is 8.04. The summed E-state index contributed by atoms with van der Waals surface area (Å²) in [6, 6.07) is 1.83. The van der Waals surface area contributed by atoms with Crippen molar-refractivity contribution in [1.82, 2.24) is 14.9 Å². The molecule has 0 aliphatic carbocycles. The van der Waals surface area contributed by atoms with E-state index in [-0.39, 0.29) is 0 Å². The fourth-order valence-corrected chi connectivity index (χ4v) is 1.47. The van der Waals surface area contributed by atoms with Gasteiger partial charge in [0, 0.05) is 19.3 Å². The molecule has 0 saturated carbocycles. The summed E-state index contributed by atoms with van der Waals surface area (Å²) >= 11 is 5.63. The van der Waals surface area contributed by atoms with Crippen molar-refractivity contribution in [3.63, 3.8) is 0 Å². The average Bonchev–Trinajstić information content (AvgIpc) is 2.71. The topological polar surface area (TPSA) is 43.9 Å². The van der Waals surface area contributed by atoms with Gasteiger partial charge in [-0.15, -0.1) is 11.6 Å². The molecule has 0 N–H and O–H groups in total. The van der Waals surface area contributed by atoms with Crippen LogP contribution in [0, 0.1) is 6.92 Å². The van der Waals surface area contributed by atoms with Crippen LogP contribution in [-0.2, 0) is 12.9 Å². The number of hydrogen-bond donors (Lipinski definition) is 0. The second kappa shape index (κ2) is 3.46. The van der Waals surface area contributed by atoms with E-state index in [0.29, 0.717) is 11.6 Å². The van der Waals surface area contributed by atoms with Crippen molar-refractivity contribution >= 4 is 11.6 Å². The first kappa shape index (κ1) is 9.27. The summed E-state index contributed by atoms with van der Waals surface area (Å²) in [5.41, 5.74) is 2.62. The van der Waals surface area contributed by atoms with Gasteiger partial charge in [-0.25, -0.2) is 0 Å². The highest BCUT2D eigenvalue weighted by Crippen LogP contribution is 2.23. The third-order valence-corrected chi connectivity index (χ3v) is 2.25. The van der Waals surface area contributed by atoms with Gasteiger partial charge in [0.05, 0.1) is 22.8 Å². The zero-order valence-electron chi connectivity index (χ0n) is 7.99. The monoisotopic (exact) mass is 211 g/mol. The van der Waals surface area contributed by atoms with Gasteiger partial charge in [-0.3, -0.25) is 4.68 Å². The molecule has 2 rings (SSSR count). The van der Waals surface area contributed by atoms with Crippen molar-refractivity contribution in [3.8, 4) is 11.3 Å². The number of hydrogen-bond acceptors (Lipinski definition) is 3. The van der Waals surface area contributed by atoms with E-state index in [1.807, 2.05) is 26.2 Å². The van der Waals surface area contributed by atoms with Crippen molar-refractivity contribution < 1.29 is 4.52 Å². The van der Waals surface area contributed by atoms with E-state index in [1.165, 1.54) is 0 Å². The van der Waals surface area contributed by atoms with Crippen LogP contribution in [0.15, 0.2) is 16.8 Å². The van der Waals surface area contributed by atoms with Gasteiger partial charge in [0.15, 0.2) is 5.76 Å². The number of aryl methyl sites for hydroxylation is 2. The molecule has 14 heavy (non-hydrogen) atoms. The molecular formula is C9H10ClN3O. The van der Waals surface area contributed by atoms with E-state index in [4.69, 9.17) is 16.1 Å². The van der Waals surface area contributed by atoms with Gasteiger partial charge >= 0.3 is 0 Å². The normalized spacial score (nSPS) is 10.8. The van der Waals surface area contributed by atoms with Crippen LogP contribution in [0.2, 0.25) is 0 Å². The fraction of sp³-hybridized carbons (Fsp3) is 0.333. The van der Waals surface area contributed by atoms with E-state index in [9.17, 15) is 0 Å². The van der Waals surface area contributed by atoms with Crippen molar-refractivity contribution in [2.75, 3.05) is 0 Å². The Labute approximate surface area is 86.5 Å². The third kappa shape index (κ3) is 1.53. The van der Waals surface area contributed by atoms with Crippen LogP contribution in [0.5, 0.6) is 0 Å². The van der Waals surface area contributed by atoms with Gasteiger partial charge in [0.25, 0.3) is 0 Å². The number of nitrogens with zero attached hydrogens (tertiary/aromatic N) is 3. The van der Waals surface area contributed by atoms with Crippen LogP contribution in [0.25, 0.3) is 11.3 Å². The molecule has 0 saturated heterocycles.